The number of nitrogens with one attached hydrogen (secondary N) is 2. The minimum Gasteiger partial charge on any atom is -0.378 e. The molecule has 1 fully saturated rings. The van der Waals surface area contributed by atoms with Crippen LogP contribution < -0.4 is 15.5 Å². The lowest BCUT2D eigenvalue weighted by Gasteiger charge is -2.28. The minimum atomic E-state index is 0.525. The van der Waals surface area contributed by atoms with Gasteiger partial charge in [-0.25, -0.2) is 9.67 Å². The van der Waals surface area contributed by atoms with E-state index in [2.05, 4.69) is 73.9 Å². The van der Waals surface area contributed by atoms with E-state index in [1.54, 1.807) is 6.20 Å². The van der Waals surface area contributed by atoms with Crippen molar-refractivity contribution >= 4 is 29.0 Å². The monoisotopic (exact) mass is 441 g/mol. The van der Waals surface area contributed by atoms with E-state index in [4.69, 9.17) is 4.74 Å². The highest BCUT2D eigenvalue weighted by Gasteiger charge is 2.12. The van der Waals surface area contributed by atoms with Gasteiger partial charge in [-0.05, 0) is 56.3 Å². The SMILES string of the molecule is Cc1ccc(-n2nc(C)cc2Nc2ccnc(Nc3ccc(N4CCOCC4)cc3)n2)cc1. The molecule has 168 valence electrons. The van der Waals surface area contributed by atoms with Crippen LogP contribution in [0.25, 0.3) is 5.69 Å². The Labute approximate surface area is 193 Å². The number of hydrogen-bond donors (Lipinski definition) is 2. The number of aromatic nitrogens is 4. The predicted molar refractivity (Wildman–Crippen MR) is 131 cm³/mol. The van der Waals surface area contributed by atoms with E-state index in [0.717, 1.165) is 49.2 Å². The maximum Gasteiger partial charge on any atom is 0.229 e. The summed E-state index contributed by atoms with van der Waals surface area (Å²) in [5.41, 5.74) is 5.25. The van der Waals surface area contributed by atoms with Crippen molar-refractivity contribution in [1.29, 1.82) is 0 Å². The van der Waals surface area contributed by atoms with Gasteiger partial charge in [-0.15, -0.1) is 0 Å². The second kappa shape index (κ2) is 9.30. The highest BCUT2D eigenvalue weighted by Crippen LogP contribution is 2.23. The van der Waals surface area contributed by atoms with Crippen LogP contribution >= 0.6 is 0 Å². The minimum absolute atomic E-state index is 0.525. The van der Waals surface area contributed by atoms with Crippen molar-refractivity contribution in [3.8, 4) is 5.69 Å². The zero-order valence-electron chi connectivity index (χ0n) is 18.8. The fraction of sp³-hybridized carbons (Fsp3) is 0.240. The molecule has 5 rings (SSSR count). The standard InChI is InChI=1S/C25H27N7O/c1-18-3-7-22(8-4-18)32-24(17-19(2)30-32)28-23-11-12-26-25(29-23)27-20-5-9-21(10-6-20)31-13-15-33-16-14-31/h3-12,17H,13-16H2,1-2H3,(H2,26,27,28,29). The van der Waals surface area contributed by atoms with E-state index in [1.165, 1.54) is 11.3 Å². The molecule has 1 saturated heterocycles. The largest absolute Gasteiger partial charge is 0.378 e. The molecular formula is C25H27N7O. The molecule has 2 aromatic carbocycles. The van der Waals surface area contributed by atoms with Gasteiger partial charge in [0.15, 0.2) is 0 Å². The van der Waals surface area contributed by atoms with Gasteiger partial charge in [-0.3, -0.25) is 0 Å². The number of hydrogen-bond acceptors (Lipinski definition) is 7. The Hall–Kier alpha value is -3.91. The molecule has 4 aromatic rings. The number of anilines is 5. The highest BCUT2D eigenvalue weighted by molar-refractivity contribution is 5.62. The lowest BCUT2D eigenvalue weighted by atomic mass is 10.2. The van der Waals surface area contributed by atoms with Crippen LogP contribution in [0.2, 0.25) is 0 Å². The van der Waals surface area contributed by atoms with Crippen molar-refractivity contribution in [3.63, 3.8) is 0 Å². The van der Waals surface area contributed by atoms with Gasteiger partial charge in [0, 0.05) is 36.7 Å². The molecule has 33 heavy (non-hydrogen) atoms. The normalized spacial score (nSPS) is 13.7. The summed E-state index contributed by atoms with van der Waals surface area (Å²) in [6.07, 6.45) is 1.74. The quantitative estimate of drug-likeness (QED) is 0.452. The van der Waals surface area contributed by atoms with Crippen LogP contribution in [-0.4, -0.2) is 46.1 Å². The van der Waals surface area contributed by atoms with E-state index in [-0.39, 0.29) is 0 Å². The first kappa shape index (κ1) is 21.0. The summed E-state index contributed by atoms with van der Waals surface area (Å²) in [6.45, 7) is 7.43. The zero-order valence-corrected chi connectivity index (χ0v) is 18.8. The van der Waals surface area contributed by atoms with Gasteiger partial charge < -0.3 is 20.3 Å². The fourth-order valence-corrected chi connectivity index (χ4v) is 3.80. The molecule has 3 heterocycles. The van der Waals surface area contributed by atoms with Crippen molar-refractivity contribution in [2.75, 3.05) is 41.8 Å². The third kappa shape index (κ3) is 4.96. The molecule has 1 aliphatic heterocycles. The molecule has 1 aliphatic rings. The number of morpholine rings is 1. The van der Waals surface area contributed by atoms with E-state index >= 15 is 0 Å². The number of rotatable bonds is 6. The number of benzene rings is 2. The summed E-state index contributed by atoms with van der Waals surface area (Å²) in [5, 5.41) is 11.3. The second-order valence-corrected chi connectivity index (χ2v) is 8.08. The third-order valence-electron chi connectivity index (χ3n) is 5.52. The smallest absolute Gasteiger partial charge is 0.229 e. The Morgan fingerprint density at radius 2 is 1.58 bits per heavy atom. The maximum atomic E-state index is 5.43. The molecule has 0 bridgehead atoms. The summed E-state index contributed by atoms with van der Waals surface area (Å²) in [7, 11) is 0. The maximum absolute atomic E-state index is 5.43. The Balaban J connectivity index is 1.31. The number of aryl methyl sites for hydroxylation is 2. The molecule has 2 N–H and O–H groups in total. The molecule has 0 unspecified atom stereocenters. The zero-order chi connectivity index (χ0) is 22.6. The van der Waals surface area contributed by atoms with E-state index in [0.29, 0.717) is 11.8 Å². The first-order valence-electron chi connectivity index (χ1n) is 11.1. The third-order valence-corrected chi connectivity index (χ3v) is 5.52. The van der Waals surface area contributed by atoms with Crippen LogP contribution in [0.1, 0.15) is 11.3 Å². The molecular weight excluding hydrogens is 414 g/mol. The summed E-state index contributed by atoms with van der Waals surface area (Å²) >= 11 is 0. The van der Waals surface area contributed by atoms with Crippen LogP contribution in [0, 0.1) is 13.8 Å². The average Bonchev–Trinajstić information content (AvgIpc) is 3.20. The lowest BCUT2D eigenvalue weighted by Crippen LogP contribution is -2.36. The van der Waals surface area contributed by atoms with Crippen LogP contribution in [0.3, 0.4) is 0 Å². The van der Waals surface area contributed by atoms with Gasteiger partial charge in [0.1, 0.15) is 11.6 Å². The van der Waals surface area contributed by atoms with Crippen molar-refractivity contribution in [2.24, 2.45) is 0 Å². The fourth-order valence-electron chi connectivity index (χ4n) is 3.80. The Bertz CT molecular complexity index is 1210. The molecule has 0 radical (unpaired) electrons. The first-order chi connectivity index (χ1) is 16.1. The Kier molecular flexibility index (Phi) is 5.91. The second-order valence-electron chi connectivity index (χ2n) is 8.08. The summed E-state index contributed by atoms with van der Waals surface area (Å²) in [6, 6.07) is 20.4. The van der Waals surface area contributed by atoms with E-state index in [1.807, 2.05) is 35.9 Å². The first-order valence-corrected chi connectivity index (χ1v) is 11.1. The van der Waals surface area contributed by atoms with Gasteiger partial charge in [0.2, 0.25) is 5.95 Å². The van der Waals surface area contributed by atoms with Gasteiger partial charge in [-0.2, -0.15) is 10.1 Å². The van der Waals surface area contributed by atoms with Crippen LogP contribution in [0.5, 0.6) is 0 Å². The lowest BCUT2D eigenvalue weighted by molar-refractivity contribution is 0.122. The molecule has 0 saturated carbocycles. The van der Waals surface area contributed by atoms with Crippen LogP contribution in [0.4, 0.5) is 29.0 Å². The van der Waals surface area contributed by atoms with E-state index in [9.17, 15) is 0 Å². The van der Waals surface area contributed by atoms with Crippen LogP contribution in [-0.2, 0) is 4.74 Å². The molecule has 2 aromatic heterocycles. The van der Waals surface area contributed by atoms with Crippen molar-refractivity contribution in [1.82, 2.24) is 19.7 Å². The Morgan fingerprint density at radius 3 is 2.33 bits per heavy atom. The summed E-state index contributed by atoms with van der Waals surface area (Å²) in [4.78, 5) is 11.3. The van der Waals surface area contributed by atoms with Gasteiger partial charge in [0.25, 0.3) is 0 Å². The van der Waals surface area contributed by atoms with Crippen molar-refractivity contribution in [2.45, 2.75) is 13.8 Å². The average molecular weight is 442 g/mol. The Morgan fingerprint density at radius 1 is 0.848 bits per heavy atom. The molecule has 0 aliphatic carbocycles. The molecule has 8 heteroatoms. The van der Waals surface area contributed by atoms with Crippen LogP contribution in [0.15, 0.2) is 66.9 Å². The van der Waals surface area contributed by atoms with Gasteiger partial charge in [-0.1, -0.05) is 17.7 Å². The van der Waals surface area contributed by atoms with Gasteiger partial charge in [0.05, 0.1) is 24.6 Å². The number of nitrogens with zero attached hydrogens (tertiary/aromatic N) is 5. The summed E-state index contributed by atoms with van der Waals surface area (Å²) < 4.78 is 7.32. The predicted octanol–water partition coefficient (Wildman–Crippen LogP) is 4.60. The molecule has 0 atom stereocenters. The van der Waals surface area contributed by atoms with Crippen molar-refractivity contribution < 1.29 is 4.74 Å². The number of ether oxygens (including phenoxy) is 1. The molecule has 0 amide bonds. The topological polar surface area (TPSA) is 80.1 Å². The molecule has 8 nitrogen and oxygen atoms in total. The molecule has 0 spiro atoms. The van der Waals surface area contributed by atoms with E-state index < -0.39 is 0 Å². The van der Waals surface area contributed by atoms with Gasteiger partial charge >= 0.3 is 0 Å². The summed E-state index contributed by atoms with van der Waals surface area (Å²) in [5.74, 6) is 2.05. The highest BCUT2D eigenvalue weighted by atomic mass is 16.5. The van der Waals surface area contributed by atoms with Crippen molar-refractivity contribution in [3.05, 3.63) is 78.1 Å².